The minimum absolute atomic E-state index is 0.0171. The predicted octanol–water partition coefficient (Wildman–Crippen LogP) is 6.18. The summed E-state index contributed by atoms with van der Waals surface area (Å²) in [5.41, 5.74) is 2.77. The molecule has 0 bridgehead atoms. The number of allylic oxidation sites excluding steroid dienone is 2. The smallest absolute Gasteiger partial charge is 0.387 e. The molecule has 5 rings (SSSR count). The number of alkyl halides is 2. The molecule has 0 spiro atoms. The van der Waals surface area contributed by atoms with Gasteiger partial charge in [-0.3, -0.25) is 4.79 Å². The van der Waals surface area contributed by atoms with Crippen LogP contribution in [0.15, 0.2) is 35.4 Å². The fourth-order valence-electron chi connectivity index (χ4n) is 7.61. The first-order valence-corrected chi connectivity index (χ1v) is 12.4. The number of benzene rings is 1. The number of hydrogen-bond acceptors (Lipinski definition) is 4. The SMILES string of the molecule is COc1cc(/C=C2/C[C@@H]3[C@H]4CC=C5C[C@H](O)CC[C@]5(C)[C@@H]4CC[C@]3(C)C2=O)ccc1OC(F)F. The Labute approximate surface area is 200 Å². The Bertz CT molecular complexity index is 1050. The molecule has 184 valence electrons. The van der Waals surface area contributed by atoms with Crippen molar-refractivity contribution in [3.05, 3.63) is 41.0 Å². The van der Waals surface area contributed by atoms with Crippen molar-refractivity contribution in [2.45, 2.75) is 71.5 Å². The summed E-state index contributed by atoms with van der Waals surface area (Å²) in [6.07, 6.45) is 10.4. The van der Waals surface area contributed by atoms with Crippen molar-refractivity contribution in [1.29, 1.82) is 0 Å². The van der Waals surface area contributed by atoms with E-state index in [1.54, 1.807) is 12.1 Å². The Morgan fingerprint density at radius 1 is 1.09 bits per heavy atom. The zero-order chi connectivity index (χ0) is 24.3. The lowest BCUT2D eigenvalue weighted by Crippen LogP contribution is -2.50. The number of fused-ring (bicyclic) bond motifs is 5. The van der Waals surface area contributed by atoms with Crippen LogP contribution < -0.4 is 9.47 Å². The molecule has 1 aromatic rings. The molecule has 0 heterocycles. The third-order valence-corrected chi connectivity index (χ3v) is 9.46. The van der Waals surface area contributed by atoms with E-state index in [9.17, 15) is 18.7 Å². The number of Topliss-reactive ketones (excluding diaryl/α,β-unsaturated/α-hetero) is 1. The van der Waals surface area contributed by atoms with E-state index in [4.69, 9.17) is 4.74 Å². The lowest BCUT2D eigenvalue weighted by Gasteiger charge is -2.56. The largest absolute Gasteiger partial charge is 0.493 e. The van der Waals surface area contributed by atoms with E-state index in [0.29, 0.717) is 17.8 Å². The summed E-state index contributed by atoms with van der Waals surface area (Å²) in [4.78, 5) is 13.6. The van der Waals surface area contributed by atoms with Gasteiger partial charge in [0.15, 0.2) is 17.3 Å². The van der Waals surface area contributed by atoms with E-state index < -0.39 is 6.61 Å². The van der Waals surface area contributed by atoms with Gasteiger partial charge >= 0.3 is 6.61 Å². The van der Waals surface area contributed by atoms with Gasteiger partial charge in [-0.15, -0.1) is 0 Å². The molecule has 1 N–H and O–H groups in total. The fourth-order valence-corrected chi connectivity index (χ4v) is 7.61. The molecule has 6 heteroatoms. The maximum absolute atomic E-state index is 13.6. The van der Waals surface area contributed by atoms with Crippen LogP contribution in [-0.2, 0) is 4.79 Å². The fraction of sp³-hybridized carbons (Fsp3) is 0.607. The Kier molecular flexibility index (Phi) is 5.86. The summed E-state index contributed by atoms with van der Waals surface area (Å²) >= 11 is 0. The first kappa shape index (κ1) is 23.5. The number of ether oxygens (including phenoxy) is 2. The van der Waals surface area contributed by atoms with Gasteiger partial charge in [-0.1, -0.05) is 31.6 Å². The van der Waals surface area contributed by atoms with Crippen molar-refractivity contribution in [2.24, 2.45) is 28.6 Å². The van der Waals surface area contributed by atoms with E-state index in [0.717, 1.165) is 56.1 Å². The molecule has 0 amide bonds. The Hall–Kier alpha value is -2.21. The van der Waals surface area contributed by atoms with E-state index in [1.165, 1.54) is 18.7 Å². The molecule has 1 aromatic carbocycles. The monoisotopic (exact) mass is 472 g/mol. The summed E-state index contributed by atoms with van der Waals surface area (Å²) in [7, 11) is 1.41. The molecular formula is C28H34F2O4. The topological polar surface area (TPSA) is 55.8 Å². The maximum atomic E-state index is 13.6. The van der Waals surface area contributed by atoms with Crippen LogP contribution >= 0.6 is 0 Å². The van der Waals surface area contributed by atoms with E-state index in [1.807, 2.05) is 6.08 Å². The highest BCUT2D eigenvalue weighted by Gasteiger charge is 2.59. The van der Waals surface area contributed by atoms with Gasteiger partial charge in [0.2, 0.25) is 0 Å². The average molecular weight is 473 g/mol. The number of carbonyl (C=O) groups is 1. The van der Waals surface area contributed by atoms with Gasteiger partial charge in [0.25, 0.3) is 0 Å². The number of carbonyl (C=O) groups excluding carboxylic acids is 1. The zero-order valence-electron chi connectivity index (χ0n) is 20.2. The maximum Gasteiger partial charge on any atom is 0.387 e. The quantitative estimate of drug-likeness (QED) is 0.420. The van der Waals surface area contributed by atoms with Crippen molar-refractivity contribution in [3.63, 3.8) is 0 Å². The summed E-state index contributed by atoms with van der Waals surface area (Å²) in [6, 6.07) is 4.81. The van der Waals surface area contributed by atoms with Gasteiger partial charge in [-0.25, -0.2) is 0 Å². The van der Waals surface area contributed by atoms with Crippen molar-refractivity contribution in [3.8, 4) is 11.5 Å². The third kappa shape index (κ3) is 3.69. The van der Waals surface area contributed by atoms with Crippen molar-refractivity contribution < 1.29 is 28.2 Å². The van der Waals surface area contributed by atoms with Crippen molar-refractivity contribution >= 4 is 11.9 Å². The molecule has 0 aliphatic heterocycles. The average Bonchev–Trinajstić information content (AvgIpc) is 3.05. The van der Waals surface area contributed by atoms with Crippen LogP contribution in [-0.4, -0.2) is 30.7 Å². The molecule has 3 fully saturated rings. The summed E-state index contributed by atoms with van der Waals surface area (Å²) in [6.45, 7) is 1.60. The van der Waals surface area contributed by atoms with Crippen molar-refractivity contribution in [1.82, 2.24) is 0 Å². The second-order valence-electron chi connectivity index (χ2n) is 11.1. The van der Waals surface area contributed by atoms with Crippen LogP contribution in [0.25, 0.3) is 6.08 Å². The van der Waals surface area contributed by atoms with Crippen molar-refractivity contribution in [2.75, 3.05) is 7.11 Å². The molecule has 0 unspecified atom stereocenters. The van der Waals surface area contributed by atoms with Crippen LogP contribution in [0.4, 0.5) is 8.78 Å². The normalized spacial score (nSPS) is 38.3. The van der Waals surface area contributed by atoms with Crippen LogP contribution in [0.5, 0.6) is 11.5 Å². The van der Waals surface area contributed by atoms with Crippen LogP contribution in [0.1, 0.15) is 64.4 Å². The molecule has 6 atom stereocenters. The number of ketones is 1. The molecule has 0 aromatic heterocycles. The molecule has 0 saturated heterocycles. The van der Waals surface area contributed by atoms with Gasteiger partial charge in [0, 0.05) is 5.41 Å². The number of methoxy groups -OCH3 is 1. The lowest BCUT2D eigenvalue weighted by atomic mass is 9.48. The van der Waals surface area contributed by atoms with Crippen LogP contribution in [0.2, 0.25) is 0 Å². The van der Waals surface area contributed by atoms with Crippen LogP contribution in [0, 0.1) is 28.6 Å². The second-order valence-corrected chi connectivity index (χ2v) is 11.1. The van der Waals surface area contributed by atoms with E-state index in [-0.39, 0.29) is 34.2 Å². The van der Waals surface area contributed by atoms with Gasteiger partial charge < -0.3 is 14.6 Å². The highest BCUT2D eigenvalue weighted by molar-refractivity contribution is 6.06. The number of rotatable bonds is 4. The molecule has 34 heavy (non-hydrogen) atoms. The molecule has 4 aliphatic rings. The second kappa shape index (κ2) is 8.47. The minimum atomic E-state index is -2.93. The van der Waals surface area contributed by atoms with E-state index in [2.05, 4.69) is 24.7 Å². The Balaban J connectivity index is 1.43. The number of hydrogen-bond donors (Lipinski definition) is 1. The first-order chi connectivity index (χ1) is 16.2. The minimum Gasteiger partial charge on any atom is -0.493 e. The van der Waals surface area contributed by atoms with Gasteiger partial charge in [0.05, 0.1) is 13.2 Å². The zero-order valence-corrected chi connectivity index (χ0v) is 20.2. The molecule has 4 aliphatic carbocycles. The predicted molar refractivity (Wildman–Crippen MR) is 126 cm³/mol. The third-order valence-electron chi connectivity index (χ3n) is 9.46. The highest BCUT2D eigenvalue weighted by atomic mass is 19.3. The van der Waals surface area contributed by atoms with Crippen LogP contribution in [0.3, 0.4) is 0 Å². The Morgan fingerprint density at radius 2 is 1.85 bits per heavy atom. The molecule has 4 nitrogen and oxygen atoms in total. The molecule has 0 radical (unpaired) electrons. The lowest BCUT2D eigenvalue weighted by molar-refractivity contribution is -0.130. The highest BCUT2D eigenvalue weighted by Crippen LogP contribution is 2.64. The molecule has 3 saturated carbocycles. The van der Waals surface area contributed by atoms with E-state index >= 15 is 0 Å². The summed E-state index contributed by atoms with van der Waals surface area (Å²) in [5.74, 6) is 1.75. The van der Waals surface area contributed by atoms with Gasteiger partial charge in [0.1, 0.15) is 0 Å². The number of aliphatic hydroxyl groups excluding tert-OH is 1. The Morgan fingerprint density at radius 3 is 2.59 bits per heavy atom. The standard InChI is InChI=1S/C28H34F2O4/c1-27-10-8-19(31)15-18(27)5-6-20-21(27)9-11-28(2)22(20)14-17(25(28)32)12-16-4-7-23(34-26(29)30)24(13-16)33-3/h4-5,7,12-13,19-22,26,31H,6,8-11,14-15H2,1-3H3/b17-12-/t19-,20+,21-,22-,27+,28+/m1/s1. The number of aliphatic hydroxyl groups is 1. The summed E-state index contributed by atoms with van der Waals surface area (Å²) in [5, 5.41) is 10.2. The summed E-state index contributed by atoms with van der Waals surface area (Å²) < 4.78 is 35.1. The first-order valence-electron chi connectivity index (χ1n) is 12.4. The molecular weight excluding hydrogens is 438 g/mol. The van der Waals surface area contributed by atoms with Gasteiger partial charge in [-0.2, -0.15) is 8.78 Å². The van der Waals surface area contributed by atoms with Gasteiger partial charge in [-0.05, 0) is 97.5 Å². The number of halogens is 2.